The molecule has 0 saturated heterocycles. The Labute approximate surface area is 166 Å². The molecule has 5 nitrogen and oxygen atoms in total. The molecule has 27 heavy (non-hydrogen) atoms. The number of halogens is 2. The van der Waals surface area contributed by atoms with Gasteiger partial charge in [0, 0.05) is 6.20 Å². The van der Waals surface area contributed by atoms with Gasteiger partial charge >= 0.3 is 0 Å². The van der Waals surface area contributed by atoms with Crippen molar-refractivity contribution in [1.82, 2.24) is 14.5 Å². The predicted octanol–water partition coefficient (Wildman–Crippen LogP) is 4.17. The minimum absolute atomic E-state index is 0.163. The summed E-state index contributed by atoms with van der Waals surface area (Å²) < 4.78 is 1.57. The molecule has 1 fully saturated rings. The summed E-state index contributed by atoms with van der Waals surface area (Å²) in [6, 6.07) is 7.05. The Morgan fingerprint density at radius 1 is 1.11 bits per heavy atom. The molecule has 3 aromatic rings. The molecule has 0 spiro atoms. The van der Waals surface area contributed by atoms with Crippen LogP contribution in [0.2, 0.25) is 10.2 Å². The molecule has 2 atom stereocenters. The fourth-order valence-corrected chi connectivity index (χ4v) is 4.16. The summed E-state index contributed by atoms with van der Waals surface area (Å²) in [6.45, 7) is 0. The molecular weight excluding hydrogens is 385 g/mol. The van der Waals surface area contributed by atoms with Crippen LogP contribution in [0.15, 0.2) is 41.6 Å². The van der Waals surface area contributed by atoms with Crippen LogP contribution < -0.4 is 5.56 Å². The Morgan fingerprint density at radius 3 is 2.67 bits per heavy atom. The minimum atomic E-state index is -0.519. The van der Waals surface area contributed by atoms with E-state index in [1.165, 1.54) is 6.33 Å². The van der Waals surface area contributed by atoms with Crippen molar-refractivity contribution in [3.8, 4) is 0 Å². The highest BCUT2D eigenvalue weighted by Crippen LogP contribution is 2.29. The predicted molar refractivity (Wildman–Crippen MR) is 107 cm³/mol. The molecule has 1 aliphatic carbocycles. The molecule has 140 valence electrons. The standard InChI is InChI=1S/C20H19Cl2N3O2/c21-15-9-13(7-12-5-6-18(22)23-10-12)8-14-19(15)24-11-25(20(14)27)16-3-1-2-4-17(16)26/h5-6,8-11,16-17,26H,1-4,7H2/t16-,17-/m0/s1. The number of hydrogen-bond acceptors (Lipinski definition) is 4. The van der Waals surface area contributed by atoms with Crippen molar-refractivity contribution in [3.05, 3.63) is 68.4 Å². The van der Waals surface area contributed by atoms with Gasteiger partial charge in [0.25, 0.3) is 5.56 Å². The first kappa shape index (κ1) is 18.4. The number of nitrogens with zero attached hydrogens (tertiary/aromatic N) is 3. The van der Waals surface area contributed by atoms with E-state index in [2.05, 4.69) is 9.97 Å². The second-order valence-electron chi connectivity index (χ2n) is 7.02. The number of hydrogen-bond donors (Lipinski definition) is 1. The van der Waals surface area contributed by atoms with Crippen molar-refractivity contribution in [1.29, 1.82) is 0 Å². The average molecular weight is 404 g/mol. The number of benzene rings is 1. The Hall–Kier alpha value is -1.95. The Balaban J connectivity index is 1.76. The van der Waals surface area contributed by atoms with Gasteiger partial charge in [-0.1, -0.05) is 42.1 Å². The molecule has 1 N–H and O–H groups in total. The zero-order chi connectivity index (χ0) is 19.0. The average Bonchev–Trinajstić information content (AvgIpc) is 2.65. The maximum Gasteiger partial charge on any atom is 0.261 e. The molecule has 7 heteroatoms. The first-order chi connectivity index (χ1) is 13.0. The second-order valence-corrected chi connectivity index (χ2v) is 7.81. The van der Waals surface area contributed by atoms with Gasteiger partial charge in [-0.2, -0.15) is 0 Å². The van der Waals surface area contributed by atoms with Crippen LogP contribution in [0.25, 0.3) is 10.9 Å². The highest BCUT2D eigenvalue weighted by molar-refractivity contribution is 6.35. The van der Waals surface area contributed by atoms with Gasteiger partial charge in [0.05, 0.1) is 34.4 Å². The molecule has 4 rings (SSSR count). The van der Waals surface area contributed by atoms with E-state index in [0.717, 1.165) is 30.4 Å². The third-order valence-corrected chi connectivity index (χ3v) is 5.66. The normalized spacial score (nSPS) is 20.1. The maximum atomic E-state index is 13.1. The highest BCUT2D eigenvalue weighted by Gasteiger charge is 2.26. The molecule has 0 radical (unpaired) electrons. The van der Waals surface area contributed by atoms with Crippen molar-refractivity contribution in [2.24, 2.45) is 0 Å². The SMILES string of the molecule is O=c1c2cc(Cc3ccc(Cl)nc3)cc(Cl)c2ncn1[C@H]1CCCC[C@@H]1O. The zero-order valence-corrected chi connectivity index (χ0v) is 16.1. The Kier molecular flexibility index (Phi) is 5.17. The fraction of sp³-hybridized carbons (Fsp3) is 0.350. The van der Waals surface area contributed by atoms with Crippen molar-refractivity contribution < 1.29 is 5.11 Å². The second kappa shape index (κ2) is 7.58. The number of pyridine rings is 1. The fourth-order valence-electron chi connectivity index (χ4n) is 3.76. The number of fused-ring (bicyclic) bond motifs is 1. The Morgan fingerprint density at radius 2 is 1.93 bits per heavy atom. The molecule has 2 heterocycles. The van der Waals surface area contributed by atoms with Gasteiger partial charge in [-0.15, -0.1) is 0 Å². The topological polar surface area (TPSA) is 68.0 Å². The van der Waals surface area contributed by atoms with Crippen LogP contribution in [0.5, 0.6) is 0 Å². The van der Waals surface area contributed by atoms with Crippen molar-refractivity contribution in [3.63, 3.8) is 0 Å². The lowest BCUT2D eigenvalue weighted by atomic mass is 9.92. The van der Waals surface area contributed by atoms with Gasteiger partial charge in [0.1, 0.15) is 5.15 Å². The molecular formula is C20H19Cl2N3O2. The molecule has 0 aliphatic heterocycles. The van der Waals surface area contributed by atoms with Crippen LogP contribution in [0.1, 0.15) is 42.9 Å². The number of aliphatic hydroxyl groups excluding tert-OH is 1. The Bertz CT molecular complexity index is 1030. The van der Waals surface area contributed by atoms with Crippen LogP contribution in [-0.4, -0.2) is 25.7 Å². The van der Waals surface area contributed by atoms with Gasteiger partial charge in [-0.25, -0.2) is 9.97 Å². The van der Waals surface area contributed by atoms with Gasteiger partial charge in [-0.05, 0) is 48.6 Å². The lowest BCUT2D eigenvalue weighted by Gasteiger charge is -2.29. The first-order valence-corrected chi connectivity index (χ1v) is 9.76. The van der Waals surface area contributed by atoms with Crippen LogP contribution in [0.4, 0.5) is 0 Å². The van der Waals surface area contributed by atoms with E-state index in [1.54, 1.807) is 16.8 Å². The summed E-state index contributed by atoms with van der Waals surface area (Å²) in [5, 5.41) is 11.7. The lowest BCUT2D eigenvalue weighted by molar-refractivity contribution is 0.0735. The monoisotopic (exact) mass is 403 g/mol. The summed E-state index contributed by atoms with van der Waals surface area (Å²) in [7, 11) is 0. The van der Waals surface area contributed by atoms with E-state index in [4.69, 9.17) is 23.2 Å². The third-order valence-electron chi connectivity index (χ3n) is 5.15. The van der Waals surface area contributed by atoms with E-state index in [-0.39, 0.29) is 11.6 Å². The minimum Gasteiger partial charge on any atom is -0.391 e. The van der Waals surface area contributed by atoms with Crippen molar-refractivity contribution in [2.45, 2.75) is 44.2 Å². The maximum absolute atomic E-state index is 13.1. The molecule has 0 unspecified atom stereocenters. The molecule has 1 aromatic carbocycles. The van der Waals surface area contributed by atoms with E-state index >= 15 is 0 Å². The molecule has 2 aromatic heterocycles. The van der Waals surface area contributed by atoms with Crippen LogP contribution in [0, 0.1) is 0 Å². The molecule has 1 aliphatic rings. The van der Waals surface area contributed by atoms with Crippen molar-refractivity contribution in [2.75, 3.05) is 0 Å². The summed E-state index contributed by atoms with van der Waals surface area (Å²) in [6.07, 6.45) is 6.75. The number of aliphatic hydroxyl groups is 1. The van der Waals surface area contributed by atoms with Crippen LogP contribution >= 0.6 is 23.2 Å². The molecule has 1 saturated carbocycles. The van der Waals surface area contributed by atoms with Gasteiger partial charge in [-0.3, -0.25) is 9.36 Å². The van der Waals surface area contributed by atoms with E-state index < -0.39 is 6.10 Å². The quantitative estimate of drug-likeness (QED) is 0.666. The van der Waals surface area contributed by atoms with Crippen molar-refractivity contribution >= 4 is 34.1 Å². The molecule has 0 amide bonds. The largest absolute Gasteiger partial charge is 0.391 e. The first-order valence-electron chi connectivity index (χ1n) is 9.00. The third kappa shape index (κ3) is 3.72. The van der Waals surface area contributed by atoms with E-state index in [1.807, 2.05) is 18.2 Å². The highest BCUT2D eigenvalue weighted by atomic mass is 35.5. The zero-order valence-electron chi connectivity index (χ0n) is 14.6. The van der Waals surface area contributed by atoms with E-state index in [9.17, 15) is 9.90 Å². The smallest absolute Gasteiger partial charge is 0.261 e. The number of rotatable bonds is 3. The summed E-state index contributed by atoms with van der Waals surface area (Å²) in [5.74, 6) is 0. The van der Waals surface area contributed by atoms with Gasteiger partial charge in [0.2, 0.25) is 0 Å². The number of aromatic nitrogens is 3. The van der Waals surface area contributed by atoms with Crippen LogP contribution in [-0.2, 0) is 6.42 Å². The van der Waals surface area contributed by atoms with E-state index in [0.29, 0.717) is 33.9 Å². The van der Waals surface area contributed by atoms with Gasteiger partial charge < -0.3 is 5.11 Å². The van der Waals surface area contributed by atoms with Crippen LogP contribution in [0.3, 0.4) is 0 Å². The van der Waals surface area contributed by atoms with Gasteiger partial charge in [0.15, 0.2) is 0 Å². The summed E-state index contributed by atoms with van der Waals surface area (Å²) >= 11 is 12.2. The lowest BCUT2D eigenvalue weighted by Crippen LogP contribution is -2.34. The summed E-state index contributed by atoms with van der Waals surface area (Å²) in [4.78, 5) is 21.6. The summed E-state index contributed by atoms with van der Waals surface area (Å²) in [5.41, 5.74) is 2.20. The molecule has 0 bridgehead atoms.